The maximum absolute atomic E-state index is 9.76. The first kappa shape index (κ1) is 23.4. The zero-order valence-electron chi connectivity index (χ0n) is 20.5. The first-order chi connectivity index (χ1) is 17.6. The van der Waals surface area contributed by atoms with Gasteiger partial charge in [-0.05, 0) is 35.4 Å². The molecule has 2 aromatic heterocycles. The van der Waals surface area contributed by atoms with E-state index in [9.17, 15) is 5.11 Å². The molecule has 0 saturated heterocycles. The highest BCUT2D eigenvalue weighted by atomic mass is 16.5. The van der Waals surface area contributed by atoms with Gasteiger partial charge in [0.1, 0.15) is 28.4 Å². The van der Waals surface area contributed by atoms with Crippen LogP contribution >= 0.6 is 0 Å². The number of aromatic nitrogens is 3. The van der Waals surface area contributed by atoms with Gasteiger partial charge in [-0.2, -0.15) is 0 Å². The highest BCUT2D eigenvalue weighted by Crippen LogP contribution is 2.30. The van der Waals surface area contributed by atoms with E-state index in [0.29, 0.717) is 24.7 Å². The highest BCUT2D eigenvalue weighted by Gasteiger charge is 2.16. The molecule has 0 saturated carbocycles. The number of fused-ring (bicyclic) bond motifs is 3. The number of anilines is 1. The Kier molecular flexibility index (Phi) is 6.60. The van der Waals surface area contributed by atoms with E-state index in [1.54, 1.807) is 21.3 Å². The highest BCUT2D eigenvalue weighted by molar-refractivity contribution is 5.96. The molecule has 5 rings (SSSR count). The monoisotopic (exact) mass is 484 g/mol. The Balaban J connectivity index is 1.58. The number of benzene rings is 3. The van der Waals surface area contributed by atoms with Crippen molar-refractivity contribution in [1.82, 2.24) is 14.4 Å². The van der Waals surface area contributed by atoms with E-state index in [0.717, 1.165) is 50.4 Å². The predicted molar refractivity (Wildman–Crippen MR) is 139 cm³/mol. The third-order valence-electron chi connectivity index (χ3n) is 6.25. The number of nitrogens with zero attached hydrogens (tertiary/aromatic N) is 3. The van der Waals surface area contributed by atoms with Gasteiger partial charge in [-0.15, -0.1) is 0 Å². The predicted octanol–water partition coefficient (Wildman–Crippen LogP) is 4.60. The third kappa shape index (κ3) is 4.38. The number of aliphatic hydroxyl groups is 1. The van der Waals surface area contributed by atoms with Crippen LogP contribution < -0.4 is 19.5 Å². The minimum absolute atomic E-state index is 0.0122. The smallest absolute Gasteiger partial charge is 0.209 e. The average Bonchev–Trinajstić information content (AvgIpc) is 3.35. The van der Waals surface area contributed by atoms with Gasteiger partial charge in [-0.25, -0.2) is 9.97 Å². The first-order valence-corrected chi connectivity index (χ1v) is 11.6. The minimum Gasteiger partial charge on any atom is -0.497 e. The fourth-order valence-electron chi connectivity index (χ4n) is 4.38. The van der Waals surface area contributed by atoms with Crippen LogP contribution in [0.25, 0.3) is 16.6 Å². The number of nitrogens with one attached hydrogen (secondary N) is 1. The molecule has 5 aromatic rings. The molecule has 0 aliphatic heterocycles. The lowest BCUT2D eigenvalue weighted by molar-refractivity contribution is 0.281. The van der Waals surface area contributed by atoms with Crippen LogP contribution in [0.5, 0.6) is 17.2 Å². The standard InChI is InChI=1S/C28H28N4O4/c1-34-22-12-11-19(25(14-22)36-3)15-29-28-31-26-23(9-6-10-24(26)35-2)27-30-21(16-32(27)28)13-18-7-4-5-8-20(18)17-33/h4-12,14,16,33H,13,15,17H2,1-3H3,(H,29,31). The molecule has 0 aliphatic rings. The van der Waals surface area contributed by atoms with E-state index in [2.05, 4.69) is 5.32 Å². The summed E-state index contributed by atoms with van der Waals surface area (Å²) in [5.41, 5.74) is 5.27. The Morgan fingerprint density at radius 3 is 2.39 bits per heavy atom. The van der Waals surface area contributed by atoms with Crippen molar-refractivity contribution >= 4 is 22.5 Å². The zero-order chi connectivity index (χ0) is 25.1. The molecule has 36 heavy (non-hydrogen) atoms. The van der Waals surface area contributed by atoms with Crippen LogP contribution in [0.3, 0.4) is 0 Å². The molecule has 0 bridgehead atoms. The van der Waals surface area contributed by atoms with Crippen molar-refractivity contribution in [3.8, 4) is 17.2 Å². The van der Waals surface area contributed by atoms with Gasteiger partial charge in [0, 0.05) is 36.2 Å². The first-order valence-electron chi connectivity index (χ1n) is 11.6. The van der Waals surface area contributed by atoms with E-state index in [1.807, 2.05) is 71.3 Å². The van der Waals surface area contributed by atoms with Gasteiger partial charge < -0.3 is 24.6 Å². The summed E-state index contributed by atoms with van der Waals surface area (Å²) < 4.78 is 18.4. The molecule has 2 N–H and O–H groups in total. The number of rotatable bonds is 9. The summed E-state index contributed by atoms with van der Waals surface area (Å²) in [6.07, 6.45) is 2.58. The molecule has 8 heteroatoms. The Labute approximate surface area is 209 Å². The maximum Gasteiger partial charge on any atom is 0.209 e. The normalized spacial score (nSPS) is 11.1. The second-order valence-electron chi connectivity index (χ2n) is 8.35. The van der Waals surface area contributed by atoms with Gasteiger partial charge in [0.15, 0.2) is 0 Å². The lowest BCUT2D eigenvalue weighted by atomic mass is 10.0. The van der Waals surface area contributed by atoms with Crippen LogP contribution in [0.1, 0.15) is 22.4 Å². The molecule has 0 spiro atoms. The van der Waals surface area contributed by atoms with E-state index in [-0.39, 0.29) is 6.61 Å². The fourth-order valence-corrected chi connectivity index (χ4v) is 4.38. The zero-order valence-corrected chi connectivity index (χ0v) is 20.5. The van der Waals surface area contributed by atoms with Gasteiger partial charge in [-0.1, -0.05) is 30.3 Å². The van der Waals surface area contributed by atoms with E-state index in [4.69, 9.17) is 24.2 Å². The fraction of sp³-hybridized carbons (Fsp3) is 0.214. The molecule has 8 nitrogen and oxygen atoms in total. The van der Waals surface area contributed by atoms with Crippen molar-refractivity contribution in [2.24, 2.45) is 0 Å². The Morgan fingerprint density at radius 1 is 0.833 bits per heavy atom. The van der Waals surface area contributed by atoms with Crippen molar-refractivity contribution in [3.63, 3.8) is 0 Å². The number of ether oxygens (including phenoxy) is 3. The van der Waals surface area contributed by atoms with Crippen LogP contribution in [0.4, 0.5) is 5.95 Å². The van der Waals surface area contributed by atoms with Gasteiger partial charge in [0.2, 0.25) is 5.95 Å². The van der Waals surface area contributed by atoms with Crippen LogP contribution in [-0.2, 0) is 19.6 Å². The number of aliphatic hydroxyl groups excluding tert-OH is 1. The SMILES string of the molecule is COc1ccc(CNc2nc3c(OC)cccc3c3nc(Cc4ccccc4CO)cn23)c(OC)c1. The Morgan fingerprint density at radius 2 is 1.64 bits per heavy atom. The third-order valence-corrected chi connectivity index (χ3v) is 6.25. The molecule has 2 heterocycles. The summed E-state index contributed by atoms with van der Waals surface area (Å²) in [6.45, 7) is 0.471. The minimum atomic E-state index is -0.0122. The molecular formula is C28H28N4O4. The molecule has 0 amide bonds. The lowest BCUT2D eigenvalue weighted by Gasteiger charge is -2.14. The molecule has 0 atom stereocenters. The maximum atomic E-state index is 9.76. The second kappa shape index (κ2) is 10.1. The number of hydrogen-bond acceptors (Lipinski definition) is 7. The number of imidazole rings is 1. The van der Waals surface area contributed by atoms with Gasteiger partial charge in [0.25, 0.3) is 0 Å². The van der Waals surface area contributed by atoms with Crippen molar-refractivity contribution in [1.29, 1.82) is 0 Å². The molecule has 184 valence electrons. The number of hydrogen-bond donors (Lipinski definition) is 2. The van der Waals surface area contributed by atoms with Crippen molar-refractivity contribution in [3.05, 3.63) is 89.2 Å². The summed E-state index contributed by atoms with van der Waals surface area (Å²) in [4.78, 5) is 9.88. The van der Waals surface area contributed by atoms with Gasteiger partial charge >= 0.3 is 0 Å². The molecule has 3 aromatic carbocycles. The summed E-state index contributed by atoms with van der Waals surface area (Å²) >= 11 is 0. The van der Waals surface area contributed by atoms with Crippen LogP contribution in [0, 0.1) is 0 Å². The van der Waals surface area contributed by atoms with E-state index in [1.165, 1.54) is 0 Å². The lowest BCUT2D eigenvalue weighted by Crippen LogP contribution is -2.08. The Bertz CT molecular complexity index is 1530. The quantitative estimate of drug-likeness (QED) is 0.316. The van der Waals surface area contributed by atoms with E-state index < -0.39 is 0 Å². The summed E-state index contributed by atoms with van der Waals surface area (Å²) in [6, 6.07) is 19.4. The van der Waals surface area contributed by atoms with Crippen molar-refractivity contribution in [2.45, 2.75) is 19.6 Å². The summed E-state index contributed by atoms with van der Waals surface area (Å²) in [5, 5.41) is 14.1. The van der Waals surface area contributed by atoms with Crippen LogP contribution in [0.15, 0.2) is 66.9 Å². The molecular weight excluding hydrogens is 456 g/mol. The molecule has 0 radical (unpaired) electrons. The molecule has 0 aliphatic carbocycles. The average molecular weight is 485 g/mol. The number of methoxy groups -OCH3 is 3. The van der Waals surface area contributed by atoms with Gasteiger partial charge in [0.05, 0.1) is 33.6 Å². The van der Waals surface area contributed by atoms with Crippen molar-refractivity contribution < 1.29 is 19.3 Å². The summed E-state index contributed by atoms with van der Waals surface area (Å²) in [7, 11) is 4.91. The largest absolute Gasteiger partial charge is 0.497 e. The van der Waals surface area contributed by atoms with Crippen molar-refractivity contribution in [2.75, 3.05) is 26.6 Å². The second-order valence-corrected chi connectivity index (χ2v) is 8.35. The molecule has 0 unspecified atom stereocenters. The van der Waals surface area contributed by atoms with Gasteiger partial charge in [-0.3, -0.25) is 4.40 Å². The van der Waals surface area contributed by atoms with Crippen LogP contribution in [-0.4, -0.2) is 40.8 Å². The number of para-hydroxylation sites is 1. The molecule has 0 fully saturated rings. The van der Waals surface area contributed by atoms with E-state index >= 15 is 0 Å². The topological polar surface area (TPSA) is 90.1 Å². The van der Waals surface area contributed by atoms with Crippen LogP contribution in [0.2, 0.25) is 0 Å². The Hall–Kier alpha value is -4.30. The summed E-state index contributed by atoms with van der Waals surface area (Å²) in [5.74, 6) is 2.77.